The lowest BCUT2D eigenvalue weighted by atomic mass is 9.44. The molecule has 4 aliphatic carbocycles. The van der Waals surface area contributed by atoms with Gasteiger partial charge < -0.3 is 0 Å². The Balaban J connectivity index is 1.60. The normalized spacial score (nSPS) is 42.6. The monoisotopic (exact) mass is 426 g/mol. The van der Waals surface area contributed by atoms with Crippen molar-refractivity contribution in [3.05, 3.63) is 11.6 Å². The van der Waals surface area contributed by atoms with E-state index in [1.165, 1.54) is 37.7 Å². The quantitative estimate of drug-likeness (QED) is 0.429. The third-order valence-electron chi connectivity index (χ3n) is 10.8. The molecule has 0 bridgehead atoms. The van der Waals surface area contributed by atoms with Gasteiger partial charge in [0.2, 0.25) is 0 Å². The number of fused-ring (bicyclic) bond motifs is 5. The summed E-state index contributed by atoms with van der Waals surface area (Å²) in [4.78, 5) is 26.6. The zero-order valence-electron chi connectivity index (χ0n) is 21.2. The molecule has 7 atom stereocenters. The van der Waals surface area contributed by atoms with Gasteiger partial charge in [-0.1, -0.05) is 65.5 Å². The molecule has 0 saturated heterocycles. The maximum Gasteiger partial charge on any atom is 0.142 e. The first-order valence-electron chi connectivity index (χ1n) is 13.2. The standard InChI is InChI=1S/C29H46O2/c1-18(2)9-8-10-19(3)21-12-13-22-20-11-14-24-27(4,5)25(30)15-16-28(24,6)23(20)17-26(31)29(21,22)7/h14,18-23H,8-13,15-17H2,1-7H3/t19?,20-,21+,22-,23-,28+,29+/m0/s1. The first-order valence-corrected chi connectivity index (χ1v) is 13.2. The minimum absolute atomic E-state index is 0.0261. The molecule has 0 N–H and O–H groups in total. The Morgan fingerprint density at radius 3 is 2.35 bits per heavy atom. The summed E-state index contributed by atoms with van der Waals surface area (Å²) in [5.74, 6) is 4.49. The summed E-state index contributed by atoms with van der Waals surface area (Å²) in [5.41, 5.74) is 0.897. The molecule has 4 rings (SSSR count). The van der Waals surface area contributed by atoms with Gasteiger partial charge in [0, 0.05) is 23.7 Å². The molecular formula is C29H46O2. The molecule has 0 aromatic heterocycles. The van der Waals surface area contributed by atoms with Crippen molar-refractivity contribution in [3.63, 3.8) is 0 Å². The second-order valence-corrected chi connectivity index (χ2v) is 13.1. The Bertz CT molecular complexity index is 774. The molecule has 2 heteroatoms. The minimum atomic E-state index is -0.356. The van der Waals surface area contributed by atoms with Crippen molar-refractivity contribution in [1.82, 2.24) is 0 Å². The number of carbonyl (C=O) groups excluding carboxylic acids is 2. The molecule has 0 aromatic rings. The van der Waals surface area contributed by atoms with E-state index in [0.717, 1.165) is 25.2 Å². The third-order valence-corrected chi connectivity index (χ3v) is 10.8. The Labute approximate surface area is 191 Å². The SMILES string of the molecule is CC(C)CCCC(C)[C@H]1CC[C@H]2[C@@H]3CC=C4C(C)(C)C(=O)CC[C@]4(C)[C@H]3CC(=O)[C@]12C. The summed E-state index contributed by atoms with van der Waals surface area (Å²) in [6.45, 7) is 16.0. The lowest BCUT2D eigenvalue weighted by molar-refractivity contribution is -0.149. The predicted molar refractivity (Wildman–Crippen MR) is 128 cm³/mol. The fourth-order valence-electron chi connectivity index (χ4n) is 8.92. The van der Waals surface area contributed by atoms with Gasteiger partial charge in [0.25, 0.3) is 0 Å². The highest BCUT2D eigenvalue weighted by Crippen LogP contribution is 2.67. The summed E-state index contributed by atoms with van der Waals surface area (Å²) >= 11 is 0. The third kappa shape index (κ3) is 3.41. The van der Waals surface area contributed by atoms with Crippen LogP contribution in [0.1, 0.15) is 106 Å². The van der Waals surface area contributed by atoms with Crippen LogP contribution in [0.4, 0.5) is 0 Å². The van der Waals surface area contributed by atoms with Gasteiger partial charge in [0.1, 0.15) is 11.6 Å². The van der Waals surface area contributed by atoms with E-state index in [1.807, 2.05) is 0 Å². The molecule has 3 saturated carbocycles. The van der Waals surface area contributed by atoms with Crippen LogP contribution in [0.2, 0.25) is 0 Å². The Morgan fingerprint density at radius 1 is 0.968 bits per heavy atom. The Morgan fingerprint density at radius 2 is 1.68 bits per heavy atom. The van der Waals surface area contributed by atoms with Crippen LogP contribution in [-0.2, 0) is 9.59 Å². The molecule has 0 aliphatic heterocycles. The molecule has 4 aliphatic rings. The molecule has 0 amide bonds. The Kier molecular flexibility index (Phi) is 5.88. The van der Waals surface area contributed by atoms with Crippen LogP contribution in [0.5, 0.6) is 0 Å². The second kappa shape index (κ2) is 7.84. The number of Topliss-reactive ketones (excluding diaryl/α,β-unsaturated/α-hetero) is 2. The van der Waals surface area contributed by atoms with Crippen LogP contribution in [0.15, 0.2) is 11.6 Å². The molecular weight excluding hydrogens is 380 g/mol. The molecule has 2 nitrogen and oxygen atoms in total. The van der Waals surface area contributed by atoms with Gasteiger partial charge in [-0.25, -0.2) is 0 Å². The first-order chi connectivity index (χ1) is 14.4. The Hall–Kier alpha value is -0.920. The van der Waals surface area contributed by atoms with Gasteiger partial charge >= 0.3 is 0 Å². The average molecular weight is 427 g/mol. The average Bonchev–Trinajstić information content (AvgIpc) is 3.05. The topological polar surface area (TPSA) is 34.1 Å². The number of hydrogen-bond donors (Lipinski definition) is 0. The van der Waals surface area contributed by atoms with E-state index >= 15 is 0 Å². The minimum Gasteiger partial charge on any atom is -0.299 e. The van der Waals surface area contributed by atoms with Crippen molar-refractivity contribution in [1.29, 1.82) is 0 Å². The van der Waals surface area contributed by atoms with Gasteiger partial charge in [0.15, 0.2) is 0 Å². The fourth-order valence-corrected chi connectivity index (χ4v) is 8.92. The van der Waals surface area contributed by atoms with Crippen molar-refractivity contribution in [2.24, 2.45) is 51.8 Å². The van der Waals surface area contributed by atoms with E-state index < -0.39 is 0 Å². The van der Waals surface area contributed by atoms with Crippen molar-refractivity contribution >= 4 is 11.6 Å². The van der Waals surface area contributed by atoms with Crippen LogP contribution in [0.3, 0.4) is 0 Å². The van der Waals surface area contributed by atoms with Crippen LogP contribution in [-0.4, -0.2) is 11.6 Å². The van der Waals surface area contributed by atoms with Crippen LogP contribution in [0, 0.1) is 51.8 Å². The van der Waals surface area contributed by atoms with Gasteiger partial charge in [-0.3, -0.25) is 9.59 Å². The van der Waals surface area contributed by atoms with Crippen LogP contribution < -0.4 is 0 Å². The molecule has 31 heavy (non-hydrogen) atoms. The van der Waals surface area contributed by atoms with Crippen molar-refractivity contribution in [2.45, 2.75) is 106 Å². The lowest BCUT2D eigenvalue weighted by Gasteiger charge is -2.59. The predicted octanol–water partition coefficient (Wildman–Crippen LogP) is 7.41. The van der Waals surface area contributed by atoms with Gasteiger partial charge in [-0.2, -0.15) is 0 Å². The summed E-state index contributed by atoms with van der Waals surface area (Å²) in [6.07, 6.45) is 12.2. The van der Waals surface area contributed by atoms with E-state index in [4.69, 9.17) is 0 Å². The molecule has 0 spiro atoms. The molecule has 0 radical (unpaired) electrons. The van der Waals surface area contributed by atoms with Gasteiger partial charge in [0.05, 0.1) is 0 Å². The highest BCUT2D eigenvalue weighted by atomic mass is 16.1. The lowest BCUT2D eigenvalue weighted by Crippen LogP contribution is -2.56. The van der Waals surface area contributed by atoms with E-state index in [-0.39, 0.29) is 16.2 Å². The smallest absolute Gasteiger partial charge is 0.142 e. The summed E-state index contributed by atoms with van der Waals surface area (Å²) < 4.78 is 0. The molecule has 1 unspecified atom stereocenters. The maximum absolute atomic E-state index is 13.9. The first kappa shape index (κ1) is 23.2. The largest absolute Gasteiger partial charge is 0.299 e. The summed E-state index contributed by atoms with van der Waals surface area (Å²) in [6, 6.07) is 0. The number of hydrogen-bond acceptors (Lipinski definition) is 2. The van der Waals surface area contributed by atoms with Crippen molar-refractivity contribution in [3.8, 4) is 0 Å². The van der Waals surface area contributed by atoms with Crippen LogP contribution in [0.25, 0.3) is 0 Å². The maximum atomic E-state index is 13.9. The van der Waals surface area contributed by atoms with Gasteiger partial charge in [-0.15, -0.1) is 0 Å². The van der Waals surface area contributed by atoms with Crippen LogP contribution >= 0.6 is 0 Å². The zero-order valence-corrected chi connectivity index (χ0v) is 21.2. The molecule has 0 aromatic carbocycles. The number of carbonyl (C=O) groups is 2. The second-order valence-electron chi connectivity index (χ2n) is 13.1. The summed E-state index contributed by atoms with van der Waals surface area (Å²) in [7, 11) is 0. The van der Waals surface area contributed by atoms with Gasteiger partial charge in [-0.05, 0) is 80.5 Å². The van der Waals surface area contributed by atoms with E-state index in [9.17, 15) is 9.59 Å². The highest BCUT2D eigenvalue weighted by molar-refractivity contribution is 5.90. The highest BCUT2D eigenvalue weighted by Gasteiger charge is 2.64. The molecule has 0 heterocycles. The van der Waals surface area contributed by atoms with Crippen molar-refractivity contribution in [2.75, 3.05) is 0 Å². The number of allylic oxidation sites excluding steroid dienone is 2. The summed E-state index contributed by atoms with van der Waals surface area (Å²) in [5, 5.41) is 0. The molecule has 3 fully saturated rings. The fraction of sp³-hybridized carbons (Fsp3) is 0.862. The molecule has 174 valence electrons. The van der Waals surface area contributed by atoms with Crippen molar-refractivity contribution < 1.29 is 9.59 Å². The number of rotatable bonds is 5. The van der Waals surface area contributed by atoms with E-state index in [2.05, 4.69) is 54.5 Å². The number of ketones is 2. The zero-order chi connectivity index (χ0) is 22.8. The van der Waals surface area contributed by atoms with E-state index in [1.54, 1.807) is 0 Å². The van der Waals surface area contributed by atoms with E-state index in [0.29, 0.717) is 47.6 Å².